The van der Waals surface area contributed by atoms with E-state index in [0.717, 1.165) is 34.5 Å². The summed E-state index contributed by atoms with van der Waals surface area (Å²) in [5.74, 6) is -0.117. The van der Waals surface area contributed by atoms with Crippen LogP contribution in [0.4, 0.5) is 11.4 Å². The van der Waals surface area contributed by atoms with Crippen LogP contribution in [0, 0.1) is 6.92 Å². The van der Waals surface area contributed by atoms with Crippen molar-refractivity contribution in [1.29, 1.82) is 0 Å². The summed E-state index contributed by atoms with van der Waals surface area (Å²) in [5.41, 5.74) is 4.32. The van der Waals surface area contributed by atoms with Gasteiger partial charge in [0.25, 0.3) is 11.8 Å². The van der Waals surface area contributed by atoms with E-state index in [9.17, 15) is 9.59 Å². The third kappa shape index (κ3) is 3.51. The van der Waals surface area contributed by atoms with E-state index >= 15 is 0 Å². The number of nitrogens with zero attached hydrogens (tertiary/aromatic N) is 1. The summed E-state index contributed by atoms with van der Waals surface area (Å²) in [6.07, 6.45) is 1.88. The first-order valence-electron chi connectivity index (χ1n) is 8.99. The first-order chi connectivity index (χ1) is 13.1. The maximum atomic E-state index is 12.9. The molecule has 0 unspecified atom stereocenters. The number of fused-ring (bicyclic) bond motifs is 1. The molecule has 0 saturated carbocycles. The van der Waals surface area contributed by atoms with Gasteiger partial charge >= 0.3 is 0 Å². The number of aryl methyl sites for hydroxylation is 2. The van der Waals surface area contributed by atoms with Crippen molar-refractivity contribution < 1.29 is 9.59 Å². The minimum absolute atomic E-state index is 0.0216. The van der Waals surface area contributed by atoms with Crippen LogP contribution in [-0.2, 0) is 6.42 Å². The molecule has 2 amide bonds. The van der Waals surface area contributed by atoms with E-state index in [1.54, 1.807) is 0 Å². The Morgan fingerprint density at radius 2 is 1.93 bits per heavy atom. The zero-order valence-corrected chi connectivity index (χ0v) is 15.9. The van der Waals surface area contributed by atoms with Gasteiger partial charge < -0.3 is 10.2 Å². The van der Waals surface area contributed by atoms with Gasteiger partial charge in [0.1, 0.15) is 0 Å². The number of carbonyl (C=O) groups excluding carboxylic acids is 2. The summed E-state index contributed by atoms with van der Waals surface area (Å²) in [7, 11) is 0. The molecule has 2 heterocycles. The molecule has 0 radical (unpaired) electrons. The van der Waals surface area contributed by atoms with Gasteiger partial charge in [-0.3, -0.25) is 9.59 Å². The Labute approximate surface area is 162 Å². The van der Waals surface area contributed by atoms with E-state index in [1.807, 2.05) is 71.8 Å². The molecule has 27 heavy (non-hydrogen) atoms. The predicted molar refractivity (Wildman–Crippen MR) is 110 cm³/mol. The minimum atomic E-state index is -0.139. The quantitative estimate of drug-likeness (QED) is 0.707. The highest BCUT2D eigenvalue weighted by atomic mass is 32.1. The first-order valence-corrected chi connectivity index (χ1v) is 9.87. The van der Waals surface area contributed by atoms with Gasteiger partial charge in [0.2, 0.25) is 0 Å². The van der Waals surface area contributed by atoms with Gasteiger partial charge in [-0.2, -0.15) is 0 Å². The Hall–Kier alpha value is -2.92. The van der Waals surface area contributed by atoms with Crippen LogP contribution in [0.2, 0.25) is 0 Å². The van der Waals surface area contributed by atoms with Crippen molar-refractivity contribution in [2.24, 2.45) is 0 Å². The lowest BCUT2D eigenvalue weighted by Gasteiger charge is -2.29. The van der Waals surface area contributed by atoms with Crippen LogP contribution in [0.1, 0.15) is 37.6 Å². The predicted octanol–water partition coefficient (Wildman–Crippen LogP) is 4.90. The van der Waals surface area contributed by atoms with E-state index < -0.39 is 0 Å². The van der Waals surface area contributed by atoms with Crippen molar-refractivity contribution >= 4 is 34.5 Å². The maximum Gasteiger partial charge on any atom is 0.268 e. The fourth-order valence-electron chi connectivity index (χ4n) is 3.42. The normalized spacial score (nSPS) is 13.1. The third-order valence-corrected chi connectivity index (χ3v) is 5.69. The Morgan fingerprint density at radius 1 is 1.07 bits per heavy atom. The molecule has 4 rings (SSSR count). The van der Waals surface area contributed by atoms with Crippen LogP contribution in [0.3, 0.4) is 0 Å². The second kappa shape index (κ2) is 7.37. The van der Waals surface area contributed by atoms with Gasteiger partial charge in [0, 0.05) is 23.5 Å². The Bertz CT molecular complexity index is 995. The van der Waals surface area contributed by atoms with Crippen molar-refractivity contribution in [2.45, 2.75) is 19.8 Å². The lowest BCUT2D eigenvalue weighted by atomic mass is 10.0. The van der Waals surface area contributed by atoms with E-state index in [4.69, 9.17) is 0 Å². The van der Waals surface area contributed by atoms with Gasteiger partial charge in [-0.1, -0.05) is 30.3 Å². The lowest BCUT2D eigenvalue weighted by molar-refractivity contribution is 0.0987. The zero-order chi connectivity index (χ0) is 18.8. The maximum absolute atomic E-state index is 12.9. The average molecular weight is 376 g/mol. The van der Waals surface area contributed by atoms with Crippen LogP contribution in [0.5, 0.6) is 0 Å². The Balaban J connectivity index is 1.62. The Kier molecular flexibility index (Phi) is 4.77. The standard InChI is InChI=1S/C22H20N2O2S/c1-15-6-2-3-8-18(15)21(25)23-17-11-10-16-7-4-12-24(19(16)14-17)22(26)20-9-5-13-27-20/h2-3,5-6,8-11,13-14H,4,7,12H2,1H3,(H,23,25). The van der Waals surface area contributed by atoms with Gasteiger partial charge in [0.05, 0.1) is 4.88 Å². The molecule has 0 spiro atoms. The van der Waals surface area contributed by atoms with Crippen LogP contribution in [0.25, 0.3) is 0 Å². The van der Waals surface area contributed by atoms with Gasteiger partial charge in [-0.25, -0.2) is 0 Å². The smallest absolute Gasteiger partial charge is 0.268 e. The summed E-state index contributed by atoms with van der Waals surface area (Å²) < 4.78 is 0. The molecule has 136 valence electrons. The summed E-state index contributed by atoms with van der Waals surface area (Å²) >= 11 is 1.45. The van der Waals surface area contributed by atoms with Crippen molar-refractivity contribution in [1.82, 2.24) is 0 Å². The number of hydrogen-bond donors (Lipinski definition) is 1. The number of rotatable bonds is 3. The minimum Gasteiger partial charge on any atom is -0.322 e. The molecular formula is C22H20N2O2S. The molecule has 5 heteroatoms. The molecule has 3 aromatic rings. The highest BCUT2D eigenvalue weighted by Crippen LogP contribution is 2.32. The molecule has 0 aliphatic carbocycles. The fourth-order valence-corrected chi connectivity index (χ4v) is 4.09. The van der Waals surface area contributed by atoms with Crippen molar-refractivity contribution in [3.8, 4) is 0 Å². The van der Waals surface area contributed by atoms with Crippen molar-refractivity contribution in [3.05, 3.63) is 81.5 Å². The van der Waals surface area contributed by atoms with Gasteiger partial charge in [-0.15, -0.1) is 11.3 Å². The second-order valence-corrected chi connectivity index (χ2v) is 7.60. The van der Waals surface area contributed by atoms with Gasteiger partial charge in [-0.05, 0) is 60.5 Å². The average Bonchev–Trinajstić information content (AvgIpc) is 3.22. The highest BCUT2D eigenvalue weighted by molar-refractivity contribution is 7.12. The zero-order valence-electron chi connectivity index (χ0n) is 15.1. The number of amides is 2. The lowest BCUT2D eigenvalue weighted by Crippen LogP contribution is -2.35. The summed E-state index contributed by atoms with van der Waals surface area (Å²) in [6, 6.07) is 17.1. The van der Waals surface area contributed by atoms with Crippen LogP contribution in [0.15, 0.2) is 60.0 Å². The topological polar surface area (TPSA) is 49.4 Å². The molecule has 4 nitrogen and oxygen atoms in total. The molecule has 1 aromatic heterocycles. The number of nitrogens with one attached hydrogen (secondary N) is 1. The Morgan fingerprint density at radius 3 is 2.70 bits per heavy atom. The number of hydrogen-bond acceptors (Lipinski definition) is 3. The van der Waals surface area contributed by atoms with Gasteiger partial charge in [0.15, 0.2) is 0 Å². The van der Waals surface area contributed by atoms with Crippen molar-refractivity contribution in [2.75, 3.05) is 16.8 Å². The van der Waals surface area contributed by atoms with E-state index in [-0.39, 0.29) is 11.8 Å². The largest absolute Gasteiger partial charge is 0.322 e. The molecule has 0 fully saturated rings. The fraction of sp³-hybridized carbons (Fsp3) is 0.182. The van der Waals surface area contributed by atoms with Crippen LogP contribution < -0.4 is 10.2 Å². The third-order valence-electron chi connectivity index (χ3n) is 4.83. The SMILES string of the molecule is Cc1ccccc1C(=O)Nc1ccc2c(c1)N(C(=O)c1cccs1)CCC2. The summed E-state index contributed by atoms with van der Waals surface area (Å²) in [5, 5.41) is 4.88. The molecule has 0 bridgehead atoms. The molecule has 1 aliphatic rings. The summed E-state index contributed by atoms with van der Waals surface area (Å²) in [6.45, 7) is 2.61. The van der Waals surface area contributed by atoms with Crippen LogP contribution >= 0.6 is 11.3 Å². The highest BCUT2D eigenvalue weighted by Gasteiger charge is 2.24. The second-order valence-electron chi connectivity index (χ2n) is 6.65. The molecule has 1 N–H and O–H groups in total. The monoisotopic (exact) mass is 376 g/mol. The number of carbonyl (C=O) groups is 2. The number of anilines is 2. The van der Waals surface area contributed by atoms with Crippen LogP contribution in [-0.4, -0.2) is 18.4 Å². The molecule has 0 atom stereocenters. The summed E-state index contributed by atoms with van der Waals surface area (Å²) in [4.78, 5) is 28.0. The molecular weight excluding hydrogens is 356 g/mol. The molecule has 0 saturated heterocycles. The number of benzene rings is 2. The number of thiophene rings is 1. The molecule has 2 aromatic carbocycles. The first kappa shape index (κ1) is 17.5. The van der Waals surface area contributed by atoms with E-state index in [0.29, 0.717) is 17.8 Å². The van der Waals surface area contributed by atoms with E-state index in [2.05, 4.69) is 5.32 Å². The van der Waals surface area contributed by atoms with Crippen molar-refractivity contribution in [3.63, 3.8) is 0 Å². The molecule has 1 aliphatic heterocycles. The van der Waals surface area contributed by atoms with E-state index in [1.165, 1.54) is 11.3 Å².